The Labute approximate surface area is 161 Å². The Kier molecular flexibility index (Phi) is 5.95. The fraction of sp³-hybridized carbons (Fsp3) is 0.571. The summed E-state index contributed by atoms with van der Waals surface area (Å²) in [6.45, 7) is 8.59. The van der Waals surface area contributed by atoms with E-state index in [9.17, 15) is 4.79 Å². The Hall–Kier alpha value is -2.21. The highest BCUT2D eigenvalue weighted by atomic mass is 16.5. The van der Waals surface area contributed by atoms with Crippen LogP contribution >= 0.6 is 0 Å². The van der Waals surface area contributed by atoms with Crippen LogP contribution in [0.25, 0.3) is 5.82 Å². The number of rotatable bonds is 5. The molecule has 1 saturated carbocycles. The predicted molar refractivity (Wildman–Crippen MR) is 106 cm³/mol. The van der Waals surface area contributed by atoms with E-state index in [1.165, 1.54) is 12.8 Å². The summed E-state index contributed by atoms with van der Waals surface area (Å²) in [6.07, 6.45) is 6.41. The summed E-state index contributed by atoms with van der Waals surface area (Å²) in [7, 11) is 0. The van der Waals surface area contributed by atoms with Crippen LogP contribution in [0.5, 0.6) is 0 Å². The quantitative estimate of drug-likeness (QED) is 0.860. The first-order valence-corrected chi connectivity index (χ1v) is 9.76. The number of nitrogens with one attached hydrogen (secondary N) is 1. The number of anilines is 1. The highest BCUT2D eigenvalue weighted by Gasteiger charge is 2.23. The largest absolute Gasteiger partial charge is 0.368 e. The van der Waals surface area contributed by atoms with E-state index in [4.69, 9.17) is 4.74 Å². The van der Waals surface area contributed by atoms with Crippen molar-refractivity contribution in [2.75, 3.05) is 11.9 Å². The second-order valence-electron chi connectivity index (χ2n) is 8.52. The van der Waals surface area contributed by atoms with Crippen molar-refractivity contribution in [3.8, 4) is 5.82 Å². The van der Waals surface area contributed by atoms with Gasteiger partial charge in [0.25, 0.3) is 5.91 Å². The van der Waals surface area contributed by atoms with E-state index in [-0.39, 0.29) is 24.0 Å². The zero-order chi connectivity index (χ0) is 19.4. The van der Waals surface area contributed by atoms with E-state index >= 15 is 0 Å². The highest BCUT2D eigenvalue weighted by molar-refractivity contribution is 5.91. The van der Waals surface area contributed by atoms with E-state index in [2.05, 4.69) is 43.1 Å². The number of hydrogen-bond donors (Lipinski definition) is 1. The molecule has 6 heteroatoms. The molecule has 1 fully saturated rings. The van der Waals surface area contributed by atoms with Gasteiger partial charge in [0.2, 0.25) is 0 Å². The zero-order valence-corrected chi connectivity index (χ0v) is 16.7. The zero-order valence-electron chi connectivity index (χ0n) is 16.7. The summed E-state index contributed by atoms with van der Waals surface area (Å²) in [5.41, 5.74) is 0.763. The van der Waals surface area contributed by atoms with E-state index in [1.54, 1.807) is 10.9 Å². The molecule has 0 aromatic carbocycles. The summed E-state index contributed by atoms with van der Waals surface area (Å²) in [4.78, 5) is 16.8. The fourth-order valence-electron chi connectivity index (χ4n) is 3.39. The molecule has 1 amide bonds. The lowest BCUT2D eigenvalue weighted by atomic mass is 9.89. The molecule has 0 bridgehead atoms. The van der Waals surface area contributed by atoms with E-state index in [0.29, 0.717) is 17.6 Å². The van der Waals surface area contributed by atoms with Crippen molar-refractivity contribution in [3.63, 3.8) is 0 Å². The maximum atomic E-state index is 12.5. The van der Waals surface area contributed by atoms with Gasteiger partial charge in [0.15, 0.2) is 5.82 Å². The van der Waals surface area contributed by atoms with Gasteiger partial charge in [0.1, 0.15) is 12.4 Å². The minimum absolute atomic E-state index is 0.0651. The number of pyridine rings is 1. The van der Waals surface area contributed by atoms with Crippen LogP contribution in [0.3, 0.4) is 0 Å². The lowest BCUT2D eigenvalue weighted by molar-refractivity contribution is -0.123. The van der Waals surface area contributed by atoms with Gasteiger partial charge in [-0.1, -0.05) is 46.6 Å². The number of carbonyl (C=O) groups excluding carboxylic acids is 1. The van der Waals surface area contributed by atoms with Crippen LogP contribution in [0.15, 0.2) is 30.5 Å². The van der Waals surface area contributed by atoms with Crippen molar-refractivity contribution in [3.05, 3.63) is 36.2 Å². The van der Waals surface area contributed by atoms with Crippen LogP contribution in [0, 0.1) is 5.92 Å². The normalized spacial score (nSPS) is 20.4. The molecule has 27 heavy (non-hydrogen) atoms. The van der Waals surface area contributed by atoms with Crippen molar-refractivity contribution in [1.82, 2.24) is 14.8 Å². The molecule has 2 unspecified atom stereocenters. The van der Waals surface area contributed by atoms with Gasteiger partial charge in [-0.15, -0.1) is 0 Å². The molecule has 0 saturated heterocycles. The molecule has 1 aliphatic rings. The number of nitrogens with zero attached hydrogens (tertiary/aromatic N) is 3. The molecule has 0 radical (unpaired) electrons. The topological polar surface area (TPSA) is 69.0 Å². The molecule has 1 N–H and O–H groups in total. The average Bonchev–Trinajstić information content (AvgIpc) is 3.05. The lowest BCUT2D eigenvalue weighted by Crippen LogP contribution is -2.27. The van der Waals surface area contributed by atoms with Crippen LogP contribution in [0.4, 0.5) is 5.82 Å². The summed E-state index contributed by atoms with van der Waals surface area (Å²) in [6, 6.07) is 7.54. The van der Waals surface area contributed by atoms with Crippen molar-refractivity contribution in [1.29, 1.82) is 0 Å². The smallest absolute Gasteiger partial charge is 0.251 e. The predicted octanol–water partition coefficient (Wildman–Crippen LogP) is 4.10. The monoisotopic (exact) mass is 370 g/mol. The Bertz CT molecular complexity index is 764. The first kappa shape index (κ1) is 19.5. The Morgan fingerprint density at radius 3 is 2.81 bits per heavy atom. The second kappa shape index (κ2) is 8.21. The van der Waals surface area contributed by atoms with Crippen molar-refractivity contribution in [2.24, 2.45) is 5.92 Å². The first-order chi connectivity index (χ1) is 12.8. The highest BCUT2D eigenvalue weighted by Crippen LogP contribution is 2.27. The van der Waals surface area contributed by atoms with E-state index in [0.717, 1.165) is 18.5 Å². The number of carbonyl (C=O) groups is 1. The van der Waals surface area contributed by atoms with Gasteiger partial charge >= 0.3 is 0 Å². The van der Waals surface area contributed by atoms with E-state index < -0.39 is 0 Å². The maximum absolute atomic E-state index is 12.5. The van der Waals surface area contributed by atoms with Crippen molar-refractivity contribution < 1.29 is 9.53 Å². The van der Waals surface area contributed by atoms with Crippen LogP contribution in [-0.2, 0) is 14.9 Å². The molecule has 2 aromatic rings. The van der Waals surface area contributed by atoms with Crippen LogP contribution in [0.1, 0.15) is 59.1 Å². The van der Waals surface area contributed by atoms with Crippen LogP contribution < -0.4 is 5.32 Å². The minimum Gasteiger partial charge on any atom is -0.368 e. The number of ether oxygens (including phenoxy) is 1. The third-order valence-electron chi connectivity index (χ3n) is 4.95. The first-order valence-electron chi connectivity index (χ1n) is 9.76. The fourth-order valence-corrected chi connectivity index (χ4v) is 3.39. The van der Waals surface area contributed by atoms with Gasteiger partial charge in [0.05, 0.1) is 11.8 Å². The average molecular weight is 370 g/mol. The van der Waals surface area contributed by atoms with Gasteiger partial charge in [-0.05, 0) is 30.9 Å². The van der Waals surface area contributed by atoms with Crippen molar-refractivity contribution in [2.45, 2.75) is 64.9 Å². The molecule has 146 valence electrons. The molecule has 2 aromatic heterocycles. The summed E-state index contributed by atoms with van der Waals surface area (Å²) >= 11 is 0. The Morgan fingerprint density at radius 1 is 1.33 bits per heavy atom. The SMILES string of the molecule is CC1CCCC(OCC(=O)Nc2cc(C(C)(C)C)nn2-c2ccccn2)C1. The minimum atomic E-state index is -0.161. The van der Waals surface area contributed by atoms with Crippen molar-refractivity contribution >= 4 is 11.7 Å². The van der Waals surface area contributed by atoms with Gasteiger partial charge in [-0.3, -0.25) is 4.79 Å². The Morgan fingerprint density at radius 2 is 2.15 bits per heavy atom. The maximum Gasteiger partial charge on any atom is 0.251 e. The molecule has 2 heterocycles. The van der Waals surface area contributed by atoms with Gasteiger partial charge in [0, 0.05) is 17.7 Å². The summed E-state index contributed by atoms with van der Waals surface area (Å²) in [5.74, 6) is 1.80. The molecular weight excluding hydrogens is 340 g/mol. The molecular formula is C21H30N4O2. The second-order valence-corrected chi connectivity index (χ2v) is 8.52. The molecule has 2 atom stereocenters. The van der Waals surface area contributed by atoms with E-state index in [1.807, 2.05) is 24.3 Å². The lowest BCUT2D eigenvalue weighted by Gasteiger charge is -2.26. The van der Waals surface area contributed by atoms with Gasteiger partial charge in [-0.2, -0.15) is 9.78 Å². The molecule has 0 spiro atoms. The molecule has 1 aliphatic carbocycles. The van der Waals surface area contributed by atoms with Crippen LogP contribution in [0.2, 0.25) is 0 Å². The number of amides is 1. The standard InChI is InChI=1S/C21H30N4O2/c1-15-8-7-9-16(12-15)27-14-20(26)23-19-13-17(21(2,3)4)24-25(19)18-10-5-6-11-22-18/h5-6,10-11,13,15-16H,7-9,12,14H2,1-4H3,(H,23,26). The van der Waals surface area contributed by atoms with Gasteiger partial charge in [-0.25, -0.2) is 4.98 Å². The Balaban J connectivity index is 1.71. The summed E-state index contributed by atoms with van der Waals surface area (Å²) < 4.78 is 7.53. The number of hydrogen-bond acceptors (Lipinski definition) is 4. The molecule has 0 aliphatic heterocycles. The molecule has 3 rings (SSSR count). The third-order valence-corrected chi connectivity index (χ3v) is 4.95. The van der Waals surface area contributed by atoms with Crippen LogP contribution in [-0.4, -0.2) is 33.4 Å². The number of aromatic nitrogens is 3. The summed E-state index contributed by atoms with van der Waals surface area (Å²) in [5, 5.41) is 7.61. The molecule has 6 nitrogen and oxygen atoms in total. The van der Waals surface area contributed by atoms with Gasteiger partial charge < -0.3 is 10.1 Å². The third kappa shape index (κ3) is 5.16.